The zero-order chi connectivity index (χ0) is 9.26. The molecule has 0 saturated heterocycles. The SMILES string of the molecule is C=CCCNC(=O)C1C2CCCC21. The molecular formula is C11H17NO. The summed E-state index contributed by atoms with van der Waals surface area (Å²) in [4.78, 5) is 11.5. The van der Waals surface area contributed by atoms with Crippen molar-refractivity contribution in [2.75, 3.05) is 6.54 Å². The summed E-state index contributed by atoms with van der Waals surface area (Å²) >= 11 is 0. The van der Waals surface area contributed by atoms with Crippen LogP contribution >= 0.6 is 0 Å². The van der Waals surface area contributed by atoms with Crippen LogP contribution in [-0.2, 0) is 4.79 Å². The van der Waals surface area contributed by atoms with Crippen LogP contribution in [0, 0.1) is 17.8 Å². The molecule has 0 radical (unpaired) electrons. The molecule has 0 spiro atoms. The zero-order valence-electron chi connectivity index (χ0n) is 7.96. The van der Waals surface area contributed by atoms with E-state index in [1.165, 1.54) is 19.3 Å². The predicted octanol–water partition coefficient (Wildman–Crippen LogP) is 1.72. The van der Waals surface area contributed by atoms with Gasteiger partial charge in [0.2, 0.25) is 5.91 Å². The van der Waals surface area contributed by atoms with Crippen LogP contribution in [0.5, 0.6) is 0 Å². The molecule has 0 aromatic carbocycles. The zero-order valence-corrected chi connectivity index (χ0v) is 7.96. The number of amides is 1. The summed E-state index contributed by atoms with van der Waals surface area (Å²) in [5, 5.41) is 2.96. The van der Waals surface area contributed by atoms with Crippen LogP contribution in [-0.4, -0.2) is 12.5 Å². The van der Waals surface area contributed by atoms with E-state index in [1.54, 1.807) is 0 Å². The van der Waals surface area contributed by atoms with Crippen LogP contribution in [0.1, 0.15) is 25.7 Å². The molecule has 2 rings (SSSR count). The fraction of sp³-hybridized carbons (Fsp3) is 0.727. The lowest BCUT2D eigenvalue weighted by Crippen LogP contribution is -2.27. The van der Waals surface area contributed by atoms with Gasteiger partial charge in [-0.25, -0.2) is 0 Å². The number of hydrogen-bond donors (Lipinski definition) is 1. The fourth-order valence-electron chi connectivity index (χ4n) is 2.63. The first-order valence-corrected chi connectivity index (χ1v) is 5.23. The molecule has 0 heterocycles. The van der Waals surface area contributed by atoms with Crippen LogP contribution < -0.4 is 5.32 Å². The van der Waals surface area contributed by atoms with Crippen molar-refractivity contribution in [1.29, 1.82) is 0 Å². The van der Waals surface area contributed by atoms with Crippen molar-refractivity contribution < 1.29 is 4.79 Å². The number of carbonyl (C=O) groups excluding carboxylic acids is 1. The average molecular weight is 179 g/mol. The van der Waals surface area contributed by atoms with Crippen LogP contribution in [0.4, 0.5) is 0 Å². The molecule has 0 aliphatic heterocycles. The molecule has 2 unspecified atom stereocenters. The number of fused-ring (bicyclic) bond motifs is 1. The quantitative estimate of drug-likeness (QED) is 0.517. The van der Waals surface area contributed by atoms with E-state index in [0.717, 1.165) is 24.8 Å². The van der Waals surface area contributed by atoms with Crippen molar-refractivity contribution in [3.8, 4) is 0 Å². The molecule has 0 bridgehead atoms. The van der Waals surface area contributed by atoms with E-state index < -0.39 is 0 Å². The van der Waals surface area contributed by atoms with Gasteiger partial charge in [0.25, 0.3) is 0 Å². The van der Waals surface area contributed by atoms with Crippen molar-refractivity contribution in [1.82, 2.24) is 5.32 Å². The Morgan fingerprint density at radius 2 is 2.15 bits per heavy atom. The Labute approximate surface area is 79.4 Å². The van der Waals surface area contributed by atoms with Crippen LogP contribution in [0.2, 0.25) is 0 Å². The van der Waals surface area contributed by atoms with Gasteiger partial charge in [0.1, 0.15) is 0 Å². The maximum Gasteiger partial charge on any atom is 0.223 e. The Bertz CT molecular complexity index is 214. The van der Waals surface area contributed by atoms with E-state index in [4.69, 9.17) is 0 Å². The molecule has 2 heteroatoms. The fourth-order valence-corrected chi connectivity index (χ4v) is 2.63. The maximum atomic E-state index is 11.5. The first-order valence-electron chi connectivity index (χ1n) is 5.23. The van der Waals surface area contributed by atoms with Crippen molar-refractivity contribution in [2.24, 2.45) is 17.8 Å². The summed E-state index contributed by atoms with van der Waals surface area (Å²) < 4.78 is 0. The second kappa shape index (κ2) is 3.52. The van der Waals surface area contributed by atoms with E-state index >= 15 is 0 Å². The molecule has 1 N–H and O–H groups in total. The number of nitrogens with one attached hydrogen (secondary N) is 1. The van der Waals surface area contributed by atoms with Crippen molar-refractivity contribution in [3.63, 3.8) is 0 Å². The molecule has 2 saturated carbocycles. The van der Waals surface area contributed by atoms with Gasteiger partial charge in [0.15, 0.2) is 0 Å². The van der Waals surface area contributed by atoms with E-state index in [2.05, 4.69) is 11.9 Å². The van der Waals surface area contributed by atoms with Crippen LogP contribution in [0.3, 0.4) is 0 Å². The standard InChI is InChI=1S/C11H17NO/c1-2-3-7-12-11(13)10-8-5-4-6-9(8)10/h2,8-10H,1,3-7H2,(H,12,13). The highest BCUT2D eigenvalue weighted by molar-refractivity contribution is 5.82. The number of hydrogen-bond acceptors (Lipinski definition) is 1. The predicted molar refractivity (Wildman–Crippen MR) is 52.1 cm³/mol. The lowest BCUT2D eigenvalue weighted by atomic mass is 10.1. The van der Waals surface area contributed by atoms with Crippen molar-refractivity contribution in [3.05, 3.63) is 12.7 Å². The molecule has 2 atom stereocenters. The van der Waals surface area contributed by atoms with Gasteiger partial charge in [0.05, 0.1) is 0 Å². The van der Waals surface area contributed by atoms with E-state index in [1.807, 2.05) is 6.08 Å². The first kappa shape index (κ1) is 8.79. The third-order valence-corrected chi connectivity index (χ3v) is 3.36. The van der Waals surface area contributed by atoms with Crippen LogP contribution in [0.25, 0.3) is 0 Å². The highest BCUT2D eigenvalue weighted by Gasteiger charge is 2.56. The molecule has 0 aromatic rings. The third kappa shape index (κ3) is 1.62. The van der Waals surface area contributed by atoms with Gasteiger partial charge in [0, 0.05) is 12.5 Å². The Kier molecular flexibility index (Phi) is 2.38. The van der Waals surface area contributed by atoms with Gasteiger partial charge in [-0.1, -0.05) is 12.5 Å². The Morgan fingerprint density at radius 1 is 1.46 bits per heavy atom. The Hall–Kier alpha value is -0.790. The van der Waals surface area contributed by atoms with Gasteiger partial charge in [-0.2, -0.15) is 0 Å². The lowest BCUT2D eigenvalue weighted by molar-refractivity contribution is -0.123. The van der Waals surface area contributed by atoms with Gasteiger partial charge in [-0.05, 0) is 31.1 Å². The molecule has 2 aliphatic rings. The van der Waals surface area contributed by atoms with E-state index in [9.17, 15) is 4.79 Å². The summed E-state index contributed by atoms with van der Waals surface area (Å²) in [7, 11) is 0. The summed E-state index contributed by atoms with van der Waals surface area (Å²) in [6.45, 7) is 4.39. The number of carbonyl (C=O) groups is 1. The molecule has 2 nitrogen and oxygen atoms in total. The minimum Gasteiger partial charge on any atom is -0.356 e. The number of rotatable bonds is 4. The van der Waals surface area contributed by atoms with Gasteiger partial charge >= 0.3 is 0 Å². The van der Waals surface area contributed by atoms with Crippen molar-refractivity contribution in [2.45, 2.75) is 25.7 Å². The Balaban J connectivity index is 1.70. The van der Waals surface area contributed by atoms with Crippen LogP contribution in [0.15, 0.2) is 12.7 Å². The maximum absolute atomic E-state index is 11.5. The summed E-state index contributed by atoms with van der Waals surface area (Å²) in [6.07, 6.45) is 6.63. The monoisotopic (exact) mass is 179 g/mol. The minimum atomic E-state index is 0.288. The van der Waals surface area contributed by atoms with E-state index in [0.29, 0.717) is 5.92 Å². The van der Waals surface area contributed by atoms with Gasteiger partial charge in [-0.3, -0.25) is 4.79 Å². The first-order chi connectivity index (χ1) is 6.34. The minimum absolute atomic E-state index is 0.288. The topological polar surface area (TPSA) is 29.1 Å². The molecule has 2 fully saturated rings. The average Bonchev–Trinajstić information content (AvgIpc) is 2.61. The third-order valence-electron chi connectivity index (χ3n) is 3.36. The molecule has 1 amide bonds. The molecule has 2 aliphatic carbocycles. The van der Waals surface area contributed by atoms with Gasteiger partial charge in [-0.15, -0.1) is 6.58 Å². The Morgan fingerprint density at radius 3 is 2.77 bits per heavy atom. The molecule has 72 valence electrons. The molecule has 0 aromatic heterocycles. The normalized spacial score (nSPS) is 35.2. The van der Waals surface area contributed by atoms with E-state index in [-0.39, 0.29) is 5.91 Å². The highest BCUT2D eigenvalue weighted by Crippen LogP contribution is 2.57. The van der Waals surface area contributed by atoms with Gasteiger partial charge < -0.3 is 5.32 Å². The summed E-state index contributed by atoms with van der Waals surface area (Å²) in [6, 6.07) is 0. The molecular weight excluding hydrogens is 162 g/mol. The molecule has 13 heavy (non-hydrogen) atoms. The second-order valence-electron chi connectivity index (χ2n) is 4.15. The highest BCUT2D eigenvalue weighted by atomic mass is 16.2. The van der Waals surface area contributed by atoms with Crippen molar-refractivity contribution >= 4 is 5.91 Å². The second-order valence-corrected chi connectivity index (χ2v) is 4.15. The lowest BCUT2D eigenvalue weighted by Gasteiger charge is -2.04. The summed E-state index contributed by atoms with van der Waals surface area (Å²) in [5.41, 5.74) is 0. The smallest absolute Gasteiger partial charge is 0.223 e. The largest absolute Gasteiger partial charge is 0.356 e. The summed E-state index contributed by atoms with van der Waals surface area (Å²) in [5.74, 6) is 2.14.